The van der Waals surface area contributed by atoms with Crippen molar-refractivity contribution in [3.8, 4) is 0 Å². The number of methoxy groups -OCH3 is 1. The Labute approximate surface area is 61.9 Å². The van der Waals surface area contributed by atoms with E-state index in [0.29, 0.717) is 12.5 Å². The second kappa shape index (κ2) is 5.65. The van der Waals surface area contributed by atoms with Gasteiger partial charge in [-0.25, -0.2) is 4.89 Å². The first-order valence-corrected chi connectivity index (χ1v) is 3.55. The summed E-state index contributed by atoms with van der Waals surface area (Å²) in [4.78, 5) is 4.22. The lowest BCUT2D eigenvalue weighted by atomic mass is 10.0. The van der Waals surface area contributed by atoms with Gasteiger partial charge in [0.1, 0.15) is 6.10 Å². The number of ether oxygens (including phenoxy) is 1. The van der Waals surface area contributed by atoms with Crippen molar-refractivity contribution in [3.05, 3.63) is 0 Å². The van der Waals surface area contributed by atoms with Crippen molar-refractivity contribution in [2.45, 2.75) is 26.4 Å². The highest BCUT2D eigenvalue weighted by atomic mass is 17.1. The molecule has 0 radical (unpaired) electrons. The minimum atomic E-state index is -0.185. The fourth-order valence-electron chi connectivity index (χ4n) is 0.726. The Balaban J connectivity index is 3.56. The third-order valence-electron chi connectivity index (χ3n) is 1.74. The highest BCUT2D eigenvalue weighted by Crippen LogP contribution is 2.10. The first kappa shape index (κ1) is 9.88. The van der Waals surface area contributed by atoms with Gasteiger partial charge in [0.2, 0.25) is 0 Å². The fourth-order valence-corrected chi connectivity index (χ4v) is 0.726. The zero-order valence-corrected chi connectivity index (χ0v) is 6.83. The van der Waals surface area contributed by atoms with E-state index in [1.54, 1.807) is 7.11 Å². The third kappa shape index (κ3) is 3.15. The van der Waals surface area contributed by atoms with Crippen LogP contribution in [-0.4, -0.2) is 25.1 Å². The zero-order chi connectivity index (χ0) is 7.98. The van der Waals surface area contributed by atoms with Crippen LogP contribution >= 0.6 is 0 Å². The summed E-state index contributed by atoms with van der Waals surface area (Å²) in [5.74, 6) is 0.338. The van der Waals surface area contributed by atoms with Gasteiger partial charge in [-0.2, -0.15) is 0 Å². The van der Waals surface area contributed by atoms with Crippen LogP contribution in [0.1, 0.15) is 20.3 Å². The molecule has 2 atom stereocenters. The molecule has 0 aromatic rings. The monoisotopic (exact) mass is 148 g/mol. The van der Waals surface area contributed by atoms with Crippen molar-refractivity contribution < 1.29 is 14.9 Å². The van der Waals surface area contributed by atoms with Crippen LogP contribution in [0.25, 0.3) is 0 Å². The van der Waals surface area contributed by atoms with Crippen LogP contribution in [0.3, 0.4) is 0 Å². The largest absolute Gasteiger partial charge is 0.382 e. The highest BCUT2D eigenvalue weighted by molar-refractivity contribution is 4.61. The molecule has 0 aliphatic carbocycles. The summed E-state index contributed by atoms with van der Waals surface area (Å²) in [7, 11) is 1.59. The predicted octanol–water partition coefficient (Wildman–Crippen LogP) is 1.54. The molecule has 0 bridgehead atoms. The van der Waals surface area contributed by atoms with Crippen LogP contribution in [0, 0.1) is 5.92 Å². The Morgan fingerprint density at radius 1 is 1.50 bits per heavy atom. The molecule has 0 rings (SSSR count). The van der Waals surface area contributed by atoms with E-state index < -0.39 is 0 Å². The molecule has 62 valence electrons. The Hall–Kier alpha value is -0.120. The zero-order valence-electron chi connectivity index (χ0n) is 6.83. The molecule has 0 amide bonds. The minimum absolute atomic E-state index is 0.185. The average Bonchev–Trinajstić information content (AvgIpc) is 1.99. The maximum Gasteiger partial charge on any atom is 0.118 e. The number of rotatable bonds is 5. The van der Waals surface area contributed by atoms with Gasteiger partial charge >= 0.3 is 0 Å². The molecule has 1 N–H and O–H groups in total. The van der Waals surface area contributed by atoms with Gasteiger partial charge in [-0.15, -0.1) is 0 Å². The first-order chi connectivity index (χ1) is 4.76. The summed E-state index contributed by atoms with van der Waals surface area (Å²) in [6, 6.07) is 0. The van der Waals surface area contributed by atoms with Crippen LogP contribution in [0.5, 0.6) is 0 Å². The van der Waals surface area contributed by atoms with Crippen LogP contribution in [-0.2, 0) is 9.62 Å². The fraction of sp³-hybridized carbons (Fsp3) is 1.00. The summed E-state index contributed by atoms with van der Waals surface area (Å²) < 4.78 is 4.83. The van der Waals surface area contributed by atoms with Gasteiger partial charge in [-0.05, 0) is 5.92 Å². The highest BCUT2D eigenvalue weighted by Gasteiger charge is 2.15. The molecule has 3 nitrogen and oxygen atoms in total. The van der Waals surface area contributed by atoms with E-state index in [4.69, 9.17) is 9.99 Å². The smallest absolute Gasteiger partial charge is 0.118 e. The summed E-state index contributed by atoms with van der Waals surface area (Å²) in [5.41, 5.74) is 0. The van der Waals surface area contributed by atoms with E-state index in [1.807, 2.05) is 13.8 Å². The predicted molar refractivity (Wildman–Crippen MR) is 38.8 cm³/mol. The Kier molecular flexibility index (Phi) is 5.58. The molecule has 2 unspecified atom stereocenters. The second-order valence-corrected chi connectivity index (χ2v) is 2.48. The number of hydrogen-bond donors (Lipinski definition) is 1. The van der Waals surface area contributed by atoms with Crippen molar-refractivity contribution in [1.29, 1.82) is 0 Å². The molecule has 0 aliphatic rings. The standard InChI is InChI=1S/C7H16O3/c1-4-6(2)7(10-8)5-9-3/h6-8H,4-5H2,1-3H3. The van der Waals surface area contributed by atoms with E-state index in [9.17, 15) is 0 Å². The first-order valence-electron chi connectivity index (χ1n) is 3.55. The lowest BCUT2D eigenvalue weighted by molar-refractivity contribution is -0.296. The Bertz CT molecular complexity index is 75.3. The molecule has 0 aliphatic heterocycles. The van der Waals surface area contributed by atoms with E-state index in [0.717, 1.165) is 6.42 Å². The topological polar surface area (TPSA) is 38.7 Å². The summed E-state index contributed by atoms with van der Waals surface area (Å²) >= 11 is 0. The van der Waals surface area contributed by atoms with Gasteiger partial charge < -0.3 is 4.74 Å². The molecular formula is C7H16O3. The van der Waals surface area contributed by atoms with Gasteiger partial charge in [0, 0.05) is 7.11 Å². The summed E-state index contributed by atoms with van der Waals surface area (Å²) in [6.07, 6.45) is 0.796. The lowest BCUT2D eigenvalue weighted by Crippen LogP contribution is -2.25. The Morgan fingerprint density at radius 2 is 2.10 bits per heavy atom. The van der Waals surface area contributed by atoms with Crippen molar-refractivity contribution in [1.82, 2.24) is 0 Å². The maximum absolute atomic E-state index is 8.38. The van der Waals surface area contributed by atoms with Crippen LogP contribution in [0.2, 0.25) is 0 Å². The molecule has 10 heavy (non-hydrogen) atoms. The van der Waals surface area contributed by atoms with Crippen molar-refractivity contribution in [2.24, 2.45) is 5.92 Å². The van der Waals surface area contributed by atoms with E-state index in [2.05, 4.69) is 4.89 Å². The molecule has 0 saturated carbocycles. The average molecular weight is 148 g/mol. The number of hydrogen-bond acceptors (Lipinski definition) is 3. The van der Waals surface area contributed by atoms with Gasteiger partial charge in [0.15, 0.2) is 0 Å². The quantitative estimate of drug-likeness (QED) is 0.474. The molecule has 0 heterocycles. The molecule has 0 spiro atoms. The van der Waals surface area contributed by atoms with E-state index in [-0.39, 0.29) is 6.10 Å². The van der Waals surface area contributed by atoms with Crippen LogP contribution < -0.4 is 0 Å². The van der Waals surface area contributed by atoms with Crippen molar-refractivity contribution >= 4 is 0 Å². The third-order valence-corrected chi connectivity index (χ3v) is 1.74. The molecule has 0 aromatic heterocycles. The molecule has 0 saturated heterocycles. The maximum atomic E-state index is 8.38. The van der Waals surface area contributed by atoms with Gasteiger partial charge in [-0.3, -0.25) is 5.26 Å². The van der Waals surface area contributed by atoms with Gasteiger partial charge in [-0.1, -0.05) is 20.3 Å². The molecule has 0 aromatic carbocycles. The SMILES string of the molecule is CCC(C)C(COC)OO. The van der Waals surface area contributed by atoms with Gasteiger partial charge in [0.05, 0.1) is 6.61 Å². The van der Waals surface area contributed by atoms with Crippen molar-refractivity contribution in [2.75, 3.05) is 13.7 Å². The van der Waals surface area contributed by atoms with Gasteiger partial charge in [0.25, 0.3) is 0 Å². The summed E-state index contributed by atoms with van der Waals surface area (Å²) in [5, 5.41) is 8.38. The molecular weight excluding hydrogens is 132 g/mol. The van der Waals surface area contributed by atoms with Crippen molar-refractivity contribution in [3.63, 3.8) is 0 Å². The lowest BCUT2D eigenvalue weighted by Gasteiger charge is -2.17. The van der Waals surface area contributed by atoms with Crippen LogP contribution in [0.15, 0.2) is 0 Å². The normalized spacial score (nSPS) is 16.8. The minimum Gasteiger partial charge on any atom is -0.382 e. The second-order valence-electron chi connectivity index (χ2n) is 2.48. The molecule has 0 fully saturated rings. The van der Waals surface area contributed by atoms with Crippen LogP contribution in [0.4, 0.5) is 0 Å². The van der Waals surface area contributed by atoms with E-state index in [1.165, 1.54) is 0 Å². The molecule has 3 heteroatoms. The summed E-state index contributed by atoms with van der Waals surface area (Å²) in [6.45, 7) is 4.51. The Morgan fingerprint density at radius 3 is 2.40 bits per heavy atom. The van der Waals surface area contributed by atoms with E-state index >= 15 is 0 Å².